The number of furan rings is 1. The molecule has 1 N–H and O–H groups in total. The molecule has 0 saturated heterocycles. The first-order chi connectivity index (χ1) is 14.0. The van der Waals surface area contributed by atoms with E-state index in [0.29, 0.717) is 26.2 Å². The van der Waals surface area contributed by atoms with E-state index in [1.807, 2.05) is 12.1 Å². The van der Waals surface area contributed by atoms with Gasteiger partial charge in [-0.25, -0.2) is 4.39 Å². The third-order valence-corrected chi connectivity index (χ3v) is 4.82. The largest absolute Gasteiger partial charge is 0.467 e. The van der Waals surface area contributed by atoms with Crippen LogP contribution in [0.3, 0.4) is 0 Å². The second-order valence-electron chi connectivity index (χ2n) is 7.47. The van der Waals surface area contributed by atoms with E-state index in [1.165, 1.54) is 28.8 Å². The van der Waals surface area contributed by atoms with E-state index < -0.39 is 6.10 Å². The summed E-state index contributed by atoms with van der Waals surface area (Å²) in [6, 6.07) is 16.5. The van der Waals surface area contributed by atoms with Crippen LogP contribution in [0.2, 0.25) is 0 Å². The summed E-state index contributed by atoms with van der Waals surface area (Å²) in [6.07, 6.45) is 0.958. The highest BCUT2D eigenvalue weighted by Crippen LogP contribution is 2.16. The van der Waals surface area contributed by atoms with Crippen molar-refractivity contribution in [3.8, 4) is 0 Å². The molecule has 154 valence electrons. The Bertz CT molecular complexity index is 878. The molecule has 2 aromatic carbocycles. The van der Waals surface area contributed by atoms with Crippen LogP contribution in [0.15, 0.2) is 65.3 Å². The van der Waals surface area contributed by atoms with Gasteiger partial charge in [0.15, 0.2) is 0 Å². The van der Waals surface area contributed by atoms with Gasteiger partial charge in [0.1, 0.15) is 18.2 Å². The summed E-state index contributed by atoms with van der Waals surface area (Å²) in [5.41, 5.74) is 4.63. The first-order valence-electron chi connectivity index (χ1n) is 9.80. The van der Waals surface area contributed by atoms with Gasteiger partial charge in [-0.3, -0.25) is 4.90 Å². The van der Waals surface area contributed by atoms with E-state index in [2.05, 4.69) is 36.9 Å². The van der Waals surface area contributed by atoms with Crippen molar-refractivity contribution in [2.24, 2.45) is 0 Å². The average Bonchev–Trinajstić information content (AvgIpc) is 3.20. The summed E-state index contributed by atoms with van der Waals surface area (Å²) in [7, 11) is 0. The second-order valence-corrected chi connectivity index (χ2v) is 7.47. The zero-order valence-electron chi connectivity index (χ0n) is 17.0. The molecule has 29 heavy (non-hydrogen) atoms. The second kappa shape index (κ2) is 10.3. The first kappa shape index (κ1) is 21.2. The zero-order valence-corrected chi connectivity index (χ0v) is 17.0. The van der Waals surface area contributed by atoms with Gasteiger partial charge >= 0.3 is 0 Å². The van der Waals surface area contributed by atoms with Crippen molar-refractivity contribution >= 4 is 0 Å². The van der Waals surface area contributed by atoms with Crippen molar-refractivity contribution in [2.45, 2.75) is 39.6 Å². The van der Waals surface area contributed by atoms with Crippen LogP contribution < -0.4 is 0 Å². The molecular formula is C24H28FNO3. The number of rotatable bonds is 10. The summed E-state index contributed by atoms with van der Waals surface area (Å²) in [4.78, 5) is 2.16. The summed E-state index contributed by atoms with van der Waals surface area (Å²) >= 11 is 0. The summed E-state index contributed by atoms with van der Waals surface area (Å²) in [5.74, 6) is 0.483. The minimum absolute atomic E-state index is 0.216. The molecule has 5 heteroatoms. The van der Waals surface area contributed by atoms with Crippen LogP contribution in [0.25, 0.3) is 0 Å². The normalized spacial score (nSPS) is 12.4. The Labute approximate surface area is 171 Å². The lowest BCUT2D eigenvalue weighted by Crippen LogP contribution is -2.34. The summed E-state index contributed by atoms with van der Waals surface area (Å²) in [6.45, 7) is 6.47. The molecule has 3 rings (SSSR count). The maximum Gasteiger partial charge on any atom is 0.129 e. The Morgan fingerprint density at radius 1 is 1.07 bits per heavy atom. The number of aryl methyl sites for hydroxylation is 2. The highest BCUT2D eigenvalue weighted by Gasteiger charge is 2.15. The fourth-order valence-corrected chi connectivity index (χ4v) is 3.29. The van der Waals surface area contributed by atoms with Crippen LogP contribution in [-0.4, -0.2) is 29.3 Å². The van der Waals surface area contributed by atoms with Gasteiger partial charge in [-0.2, -0.15) is 0 Å². The van der Waals surface area contributed by atoms with E-state index in [9.17, 15) is 9.50 Å². The molecule has 1 atom stereocenters. The molecule has 4 nitrogen and oxygen atoms in total. The minimum atomic E-state index is -0.643. The molecular weight excluding hydrogens is 369 g/mol. The predicted octanol–water partition coefficient (Wildman–Crippen LogP) is 4.62. The number of hydrogen-bond donors (Lipinski definition) is 1. The smallest absolute Gasteiger partial charge is 0.129 e. The summed E-state index contributed by atoms with van der Waals surface area (Å²) in [5, 5.41) is 10.5. The van der Waals surface area contributed by atoms with Gasteiger partial charge in [0, 0.05) is 19.6 Å². The van der Waals surface area contributed by atoms with E-state index in [1.54, 1.807) is 18.4 Å². The third kappa shape index (κ3) is 6.82. The Kier molecular flexibility index (Phi) is 7.58. The Balaban J connectivity index is 1.64. The number of halogens is 1. The fourth-order valence-electron chi connectivity index (χ4n) is 3.29. The number of nitrogens with zero attached hydrogens (tertiary/aromatic N) is 1. The van der Waals surface area contributed by atoms with Crippen molar-refractivity contribution in [3.63, 3.8) is 0 Å². The average molecular weight is 397 g/mol. The number of aliphatic hydroxyl groups excluding tert-OH is 1. The molecule has 0 aliphatic carbocycles. The molecule has 3 aromatic rings. The number of aliphatic hydroxyl groups is 1. The topological polar surface area (TPSA) is 45.8 Å². The third-order valence-electron chi connectivity index (χ3n) is 4.82. The van der Waals surface area contributed by atoms with E-state index in [-0.39, 0.29) is 12.4 Å². The zero-order chi connectivity index (χ0) is 20.6. The van der Waals surface area contributed by atoms with Crippen LogP contribution in [0.1, 0.15) is 28.0 Å². The molecule has 0 aliphatic rings. The molecule has 0 spiro atoms. The van der Waals surface area contributed by atoms with Gasteiger partial charge in [0.25, 0.3) is 0 Å². The van der Waals surface area contributed by atoms with Crippen molar-refractivity contribution in [3.05, 3.63) is 94.7 Å². The monoisotopic (exact) mass is 397 g/mol. The maximum absolute atomic E-state index is 13.3. The number of hydrogen-bond acceptors (Lipinski definition) is 4. The van der Waals surface area contributed by atoms with Crippen molar-refractivity contribution in [1.29, 1.82) is 0 Å². The molecule has 0 radical (unpaired) electrons. The van der Waals surface area contributed by atoms with Crippen LogP contribution in [0, 0.1) is 19.7 Å². The summed E-state index contributed by atoms with van der Waals surface area (Å²) < 4.78 is 24.1. The molecule has 0 aliphatic heterocycles. The van der Waals surface area contributed by atoms with Crippen molar-refractivity contribution in [1.82, 2.24) is 4.90 Å². The highest BCUT2D eigenvalue weighted by atomic mass is 19.1. The molecule has 0 saturated carbocycles. The lowest BCUT2D eigenvalue weighted by atomic mass is 10.0. The van der Waals surface area contributed by atoms with Gasteiger partial charge in [-0.05, 0) is 54.8 Å². The van der Waals surface area contributed by atoms with E-state index in [0.717, 1.165) is 11.3 Å². The quantitative estimate of drug-likeness (QED) is 0.542. The molecule has 0 amide bonds. The lowest BCUT2D eigenvalue weighted by molar-refractivity contribution is 0.00250. The van der Waals surface area contributed by atoms with Crippen LogP contribution >= 0.6 is 0 Å². The standard InChI is InChI=1S/C24H28FNO3/c1-18-5-6-19(2)21(12-18)14-26(13-20-7-9-22(25)10-8-20)15-23(27)16-28-17-24-4-3-11-29-24/h3-12,23,27H,13-17H2,1-2H3/t23-/m0/s1. The number of ether oxygens (including phenoxy) is 1. The first-order valence-corrected chi connectivity index (χ1v) is 9.80. The Morgan fingerprint density at radius 2 is 1.86 bits per heavy atom. The molecule has 0 fully saturated rings. The maximum atomic E-state index is 13.3. The minimum Gasteiger partial charge on any atom is -0.467 e. The Morgan fingerprint density at radius 3 is 2.59 bits per heavy atom. The lowest BCUT2D eigenvalue weighted by Gasteiger charge is -2.26. The van der Waals surface area contributed by atoms with Crippen molar-refractivity contribution in [2.75, 3.05) is 13.2 Å². The molecule has 0 unspecified atom stereocenters. The SMILES string of the molecule is Cc1ccc(C)c(CN(Cc2ccc(F)cc2)C[C@H](O)COCc2ccco2)c1. The predicted molar refractivity (Wildman–Crippen MR) is 111 cm³/mol. The Hall–Kier alpha value is -2.47. The van der Waals surface area contributed by atoms with Crippen LogP contribution in [0.5, 0.6) is 0 Å². The molecule has 0 bridgehead atoms. The van der Waals surface area contributed by atoms with Crippen molar-refractivity contribution < 1.29 is 18.7 Å². The van der Waals surface area contributed by atoms with E-state index >= 15 is 0 Å². The molecule has 1 aromatic heterocycles. The van der Waals surface area contributed by atoms with Gasteiger partial charge in [0.05, 0.1) is 19.0 Å². The number of benzene rings is 2. The van der Waals surface area contributed by atoms with Gasteiger partial charge in [-0.1, -0.05) is 35.9 Å². The van der Waals surface area contributed by atoms with Gasteiger partial charge < -0.3 is 14.3 Å². The fraction of sp³-hybridized carbons (Fsp3) is 0.333. The van der Waals surface area contributed by atoms with Crippen LogP contribution in [-0.2, 0) is 24.4 Å². The molecule has 1 heterocycles. The van der Waals surface area contributed by atoms with E-state index in [4.69, 9.17) is 9.15 Å². The van der Waals surface area contributed by atoms with Gasteiger partial charge in [-0.15, -0.1) is 0 Å². The van der Waals surface area contributed by atoms with Crippen LogP contribution in [0.4, 0.5) is 4.39 Å². The highest BCUT2D eigenvalue weighted by molar-refractivity contribution is 5.30. The van der Waals surface area contributed by atoms with Gasteiger partial charge in [0.2, 0.25) is 0 Å².